The number of carbonyl (C=O) groups is 1. The Morgan fingerprint density at radius 3 is 2.19 bits per heavy atom. The third-order valence-electron chi connectivity index (χ3n) is 4.54. The van der Waals surface area contributed by atoms with Gasteiger partial charge in [0.15, 0.2) is 5.76 Å². The van der Waals surface area contributed by atoms with Crippen LogP contribution in [0.3, 0.4) is 0 Å². The van der Waals surface area contributed by atoms with Crippen molar-refractivity contribution in [3.63, 3.8) is 0 Å². The Kier molecular flexibility index (Phi) is 4.67. The second-order valence-corrected chi connectivity index (χ2v) is 6.68. The SMILES string of the molecule is Nc1nc(-c2ccco2)c2c(n1)C(Cc1cc(C(F)(F)F)cc(C(F)(F)F)c1)OC2=O. The van der Waals surface area contributed by atoms with Crippen molar-refractivity contribution in [3.05, 3.63) is 64.5 Å². The Balaban J connectivity index is 1.77. The Hall–Kier alpha value is -3.57. The second kappa shape index (κ2) is 7.00. The van der Waals surface area contributed by atoms with Crippen molar-refractivity contribution in [2.24, 2.45) is 0 Å². The molecule has 1 aromatic carbocycles. The minimum atomic E-state index is -5.00. The number of anilines is 1. The Morgan fingerprint density at radius 1 is 1.00 bits per heavy atom. The summed E-state index contributed by atoms with van der Waals surface area (Å²) in [5, 5.41) is 0. The molecular weight excluding hydrogens is 432 g/mol. The summed E-state index contributed by atoms with van der Waals surface area (Å²) in [5.74, 6) is -0.996. The summed E-state index contributed by atoms with van der Waals surface area (Å²) in [4.78, 5) is 20.3. The van der Waals surface area contributed by atoms with Crippen molar-refractivity contribution in [1.29, 1.82) is 0 Å². The van der Waals surface area contributed by atoms with Crippen LogP contribution in [0.1, 0.15) is 38.8 Å². The number of rotatable bonds is 3. The van der Waals surface area contributed by atoms with Crippen molar-refractivity contribution in [2.75, 3.05) is 5.73 Å². The molecule has 2 N–H and O–H groups in total. The summed E-state index contributed by atoms with van der Waals surface area (Å²) in [6, 6.07) is 4.18. The number of ether oxygens (including phenoxy) is 1. The summed E-state index contributed by atoms with van der Waals surface area (Å²) in [7, 11) is 0. The van der Waals surface area contributed by atoms with Gasteiger partial charge in [0, 0.05) is 6.42 Å². The van der Waals surface area contributed by atoms with Crippen LogP contribution in [0.5, 0.6) is 0 Å². The van der Waals surface area contributed by atoms with Crippen molar-refractivity contribution in [2.45, 2.75) is 24.9 Å². The van der Waals surface area contributed by atoms with E-state index in [0.717, 1.165) is 0 Å². The van der Waals surface area contributed by atoms with Gasteiger partial charge in [0.05, 0.1) is 17.4 Å². The van der Waals surface area contributed by atoms with Crippen LogP contribution in [-0.2, 0) is 23.5 Å². The van der Waals surface area contributed by atoms with E-state index in [1.54, 1.807) is 0 Å². The maximum atomic E-state index is 13.1. The molecule has 1 unspecified atom stereocenters. The molecule has 0 saturated heterocycles. The summed E-state index contributed by atoms with van der Waals surface area (Å²) in [5.41, 5.74) is 2.24. The van der Waals surface area contributed by atoms with Crippen LogP contribution < -0.4 is 5.73 Å². The lowest BCUT2D eigenvalue weighted by molar-refractivity contribution is -0.143. The van der Waals surface area contributed by atoms with Gasteiger partial charge in [-0.05, 0) is 35.9 Å². The number of carbonyl (C=O) groups excluding carboxylic acids is 1. The maximum Gasteiger partial charge on any atom is 0.416 e. The Labute approximate surface area is 169 Å². The molecule has 162 valence electrons. The number of hydrogen-bond donors (Lipinski definition) is 1. The molecule has 1 aliphatic rings. The zero-order valence-corrected chi connectivity index (χ0v) is 15.2. The molecule has 6 nitrogen and oxygen atoms in total. The molecule has 1 aliphatic heterocycles. The lowest BCUT2D eigenvalue weighted by Gasteiger charge is -2.16. The first-order valence-electron chi connectivity index (χ1n) is 8.64. The minimum absolute atomic E-state index is 0.0139. The topological polar surface area (TPSA) is 91.2 Å². The zero-order valence-electron chi connectivity index (χ0n) is 15.2. The molecule has 0 saturated carbocycles. The van der Waals surface area contributed by atoms with Gasteiger partial charge >= 0.3 is 18.3 Å². The Morgan fingerprint density at radius 2 is 1.65 bits per heavy atom. The number of furan rings is 1. The van der Waals surface area contributed by atoms with Crippen LogP contribution in [0.25, 0.3) is 11.5 Å². The molecule has 1 atom stereocenters. The smallest absolute Gasteiger partial charge is 0.416 e. The molecule has 0 radical (unpaired) electrons. The predicted molar refractivity (Wildman–Crippen MR) is 92.5 cm³/mol. The number of cyclic esters (lactones) is 1. The minimum Gasteiger partial charge on any atom is -0.463 e. The Bertz CT molecular complexity index is 1120. The zero-order chi connectivity index (χ0) is 22.6. The fourth-order valence-electron chi connectivity index (χ4n) is 3.26. The number of fused-ring (bicyclic) bond motifs is 1. The summed E-state index contributed by atoms with van der Waals surface area (Å²) < 4.78 is 89.1. The van der Waals surface area contributed by atoms with Gasteiger partial charge in [0.25, 0.3) is 0 Å². The molecule has 2 aromatic heterocycles. The fraction of sp³-hybridized carbons (Fsp3) is 0.211. The van der Waals surface area contributed by atoms with E-state index in [2.05, 4.69) is 9.97 Å². The molecule has 3 heterocycles. The van der Waals surface area contributed by atoms with Gasteiger partial charge in [0.1, 0.15) is 23.1 Å². The van der Waals surface area contributed by atoms with Crippen LogP contribution in [-0.4, -0.2) is 15.9 Å². The van der Waals surface area contributed by atoms with E-state index in [-0.39, 0.29) is 40.3 Å². The number of halogens is 6. The first kappa shape index (κ1) is 20.7. The molecule has 0 aliphatic carbocycles. The van der Waals surface area contributed by atoms with Crippen LogP contribution in [0.4, 0.5) is 32.3 Å². The van der Waals surface area contributed by atoms with Gasteiger partial charge in [-0.15, -0.1) is 0 Å². The van der Waals surface area contributed by atoms with Gasteiger partial charge in [0.2, 0.25) is 5.95 Å². The molecular formula is C19H11F6N3O3. The summed E-state index contributed by atoms with van der Waals surface area (Å²) in [6.07, 6.45) is -10.4. The average Bonchev–Trinajstić information content (AvgIpc) is 3.29. The molecule has 3 aromatic rings. The summed E-state index contributed by atoms with van der Waals surface area (Å²) >= 11 is 0. The second-order valence-electron chi connectivity index (χ2n) is 6.68. The quantitative estimate of drug-likeness (QED) is 0.462. The van der Waals surface area contributed by atoms with Crippen molar-refractivity contribution >= 4 is 11.9 Å². The maximum absolute atomic E-state index is 13.1. The molecule has 0 spiro atoms. The average molecular weight is 443 g/mol. The van der Waals surface area contributed by atoms with Crippen LogP contribution in [0.2, 0.25) is 0 Å². The third kappa shape index (κ3) is 3.92. The number of benzene rings is 1. The number of esters is 1. The van der Waals surface area contributed by atoms with E-state index in [1.807, 2.05) is 0 Å². The molecule has 31 heavy (non-hydrogen) atoms. The molecule has 12 heteroatoms. The highest BCUT2D eigenvalue weighted by molar-refractivity contribution is 5.99. The molecule has 0 bridgehead atoms. The highest BCUT2D eigenvalue weighted by Gasteiger charge is 2.40. The van der Waals surface area contributed by atoms with Crippen molar-refractivity contribution in [3.8, 4) is 11.5 Å². The number of alkyl halides is 6. The van der Waals surface area contributed by atoms with E-state index < -0.39 is 42.0 Å². The normalized spacial score (nSPS) is 16.3. The van der Waals surface area contributed by atoms with Gasteiger partial charge in [-0.3, -0.25) is 0 Å². The highest BCUT2D eigenvalue weighted by atomic mass is 19.4. The van der Waals surface area contributed by atoms with Gasteiger partial charge in [-0.2, -0.15) is 26.3 Å². The van der Waals surface area contributed by atoms with E-state index in [0.29, 0.717) is 12.1 Å². The third-order valence-corrected chi connectivity index (χ3v) is 4.54. The monoisotopic (exact) mass is 443 g/mol. The summed E-state index contributed by atoms with van der Waals surface area (Å²) in [6.45, 7) is 0. The van der Waals surface area contributed by atoms with Gasteiger partial charge < -0.3 is 14.9 Å². The number of hydrogen-bond acceptors (Lipinski definition) is 6. The fourth-order valence-corrected chi connectivity index (χ4v) is 3.26. The lowest BCUT2D eigenvalue weighted by atomic mass is 9.98. The van der Waals surface area contributed by atoms with Crippen molar-refractivity contribution < 1.29 is 40.3 Å². The largest absolute Gasteiger partial charge is 0.463 e. The van der Waals surface area contributed by atoms with Crippen LogP contribution >= 0.6 is 0 Å². The van der Waals surface area contributed by atoms with E-state index in [4.69, 9.17) is 14.9 Å². The first-order valence-corrected chi connectivity index (χ1v) is 8.64. The molecule has 0 amide bonds. The first-order chi connectivity index (χ1) is 14.4. The number of nitrogens with zero attached hydrogens (tertiary/aromatic N) is 2. The standard InChI is InChI=1S/C19H11F6N3O3/c20-18(21,22)9-4-8(5-10(7-9)19(23,24)25)6-12-15-13(16(29)31-12)14(27-17(26)28-15)11-2-1-3-30-11/h1-5,7,12H,6H2,(H2,26,27,28). The van der Waals surface area contributed by atoms with Crippen LogP contribution in [0, 0.1) is 0 Å². The molecule has 0 fully saturated rings. The number of aromatic nitrogens is 2. The predicted octanol–water partition coefficient (Wildman–Crippen LogP) is 4.81. The van der Waals surface area contributed by atoms with E-state index >= 15 is 0 Å². The number of nitrogens with two attached hydrogens (primary N) is 1. The van der Waals surface area contributed by atoms with E-state index in [1.165, 1.54) is 18.4 Å². The van der Waals surface area contributed by atoms with E-state index in [9.17, 15) is 31.1 Å². The highest BCUT2D eigenvalue weighted by Crippen LogP contribution is 2.40. The van der Waals surface area contributed by atoms with Gasteiger partial charge in [-0.25, -0.2) is 14.8 Å². The van der Waals surface area contributed by atoms with Crippen LogP contribution in [0.15, 0.2) is 41.0 Å². The lowest BCUT2D eigenvalue weighted by Crippen LogP contribution is -2.13. The van der Waals surface area contributed by atoms with Gasteiger partial charge in [-0.1, -0.05) is 0 Å². The number of nitrogen functional groups attached to an aromatic ring is 1. The molecule has 4 rings (SSSR count). The van der Waals surface area contributed by atoms with Crippen molar-refractivity contribution in [1.82, 2.24) is 9.97 Å².